The average Bonchev–Trinajstić information content (AvgIpc) is 3.34. The molecular formula is C23H25F3N2O. The summed E-state index contributed by atoms with van der Waals surface area (Å²) in [7, 11) is 1.78. The molecule has 4 rings (SSSR count). The fourth-order valence-corrected chi connectivity index (χ4v) is 4.73. The topological polar surface area (TPSA) is 23.6 Å². The Morgan fingerprint density at radius 1 is 1.10 bits per heavy atom. The molecule has 29 heavy (non-hydrogen) atoms. The first kappa shape index (κ1) is 20.0. The highest BCUT2D eigenvalue weighted by molar-refractivity contribution is 5.79. The van der Waals surface area contributed by atoms with Gasteiger partial charge in [-0.15, -0.1) is 0 Å². The molecule has 0 aromatic heterocycles. The first-order valence-corrected chi connectivity index (χ1v) is 10.1. The van der Waals surface area contributed by atoms with E-state index in [1.165, 1.54) is 24.5 Å². The van der Waals surface area contributed by atoms with E-state index >= 15 is 0 Å². The predicted octanol–water partition coefficient (Wildman–Crippen LogP) is 4.47. The van der Waals surface area contributed by atoms with Gasteiger partial charge in [0.15, 0.2) is 0 Å². The van der Waals surface area contributed by atoms with Crippen LogP contribution in [0.25, 0.3) is 0 Å². The Hall–Kier alpha value is -2.34. The summed E-state index contributed by atoms with van der Waals surface area (Å²) in [5.74, 6) is -0.157. The van der Waals surface area contributed by atoms with E-state index in [-0.39, 0.29) is 24.4 Å². The van der Waals surface area contributed by atoms with E-state index in [0.717, 1.165) is 37.2 Å². The number of carbonyl (C=O) groups excluding carboxylic acids is 1. The fraction of sp³-hybridized carbons (Fsp3) is 0.435. The third-order valence-electron chi connectivity index (χ3n) is 6.20. The Morgan fingerprint density at radius 3 is 2.55 bits per heavy atom. The predicted molar refractivity (Wildman–Crippen MR) is 105 cm³/mol. The van der Waals surface area contributed by atoms with E-state index in [4.69, 9.17) is 0 Å². The van der Waals surface area contributed by atoms with Crippen LogP contribution in [0.4, 0.5) is 13.2 Å². The van der Waals surface area contributed by atoms with Gasteiger partial charge in [-0.2, -0.15) is 13.2 Å². The van der Waals surface area contributed by atoms with Gasteiger partial charge < -0.3 is 4.90 Å². The van der Waals surface area contributed by atoms with E-state index in [9.17, 15) is 18.0 Å². The molecule has 0 bridgehead atoms. The molecule has 3 nitrogen and oxygen atoms in total. The third-order valence-corrected chi connectivity index (χ3v) is 6.20. The SMILES string of the molecule is CN(C(=O)Cc1cccc(C(F)(F)F)c1)[C@@H]1c2ccccc2C[C@H]1N1CCCC1. The van der Waals surface area contributed by atoms with E-state index in [1.54, 1.807) is 18.0 Å². The number of benzene rings is 2. The molecule has 0 unspecified atom stereocenters. The van der Waals surface area contributed by atoms with E-state index in [1.807, 2.05) is 12.1 Å². The standard InChI is InChI=1S/C23H25F3N2O/c1-27(21(29)14-16-7-6-9-18(13-16)23(24,25)26)22-19-10-3-2-8-17(19)15-20(22)28-11-4-5-12-28/h2-3,6-10,13,20,22H,4-5,11-12,14-15H2,1H3/t20-,22-/m1/s1. The summed E-state index contributed by atoms with van der Waals surface area (Å²) in [5.41, 5.74) is 2.09. The van der Waals surface area contributed by atoms with Gasteiger partial charge in [0.05, 0.1) is 18.0 Å². The minimum Gasteiger partial charge on any atom is -0.337 e. The number of likely N-dealkylation sites (tertiary alicyclic amines) is 1. The number of hydrogen-bond acceptors (Lipinski definition) is 2. The Kier molecular flexibility index (Phi) is 5.38. The second kappa shape index (κ2) is 7.82. The van der Waals surface area contributed by atoms with E-state index in [0.29, 0.717) is 5.56 Å². The molecule has 2 aromatic rings. The molecule has 1 aliphatic carbocycles. The van der Waals surface area contributed by atoms with Crippen molar-refractivity contribution >= 4 is 5.91 Å². The number of fused-ring (bicyclic) bond motifs is 1. The van der Waals surface area contributed by atoms with Crippen LogP contribution in [0.1, 0.15) is 41.1 Å². The van der Waals surface area contributed by atoms with Gasteiger partial charge in [0.1, 0.15) is 0 Å². The summed E-state index contributed by atoms with van der Waals surface area (Å²) in [4.78, 5) is 17.3. The molecule has 6 heteroatoms. The smallest absolute Gasteiger partial charge is 0.337 e. The number of rotatable bonds is 4. The quantitative estimate of drug-likeness (QED) is 0.754. The van der Waals surface area contributed by atoms with Gasteiger partial charge >= 0.3 is 6.18 Å². The lowest BCUT2D eigenvalue weighted by Crippen LogP contribution is -2.44. The molecule has 1 aliphatic heterocycles. The minimum atomic E-state index is -4.41. The molecule has 1 amide bonds. The Bertz CT molecular complexity index is 890. The zero-order chi connectivity index (χ0) is 20.6. The molecule has 1 fully saturated rings. The van der Waals surface area contributed by atoms with E-state index in [2.05, 4.69) is 17.0 Å². The Labute approximate surface area is 169 Å². The first-order chi connectivity index (χ1) is 13.8. The second-order valence-corrected chi connectivity index (χ2v) is 8.04. The Balaban J connectivity index is 1.56. The maximum atomic E-state index is 13.1. The van der Waals surface area contributed by atoms with Crippen molar-refractivity contribution in [2.45, 2.75) is 43.9 Å². The van der Waals surface area contributed by atoms with Gasteiger partial charge in [-0.25, -0.2) is 0 Å². The second-order valence-electron chi connectivity index (χ2n) is 8.04. The van der Waals surface area contributed by atoms with Crippen molar-refractivity contribution in [3.8, 4) is 0 Å². The van der Waals surface area contributed by atoms with Crippen LogP contribution in [-0.4, -0.2) is 41.9 Å². The summed E-state index contributed by atoms with van der Waals surface area (Å²) in [5, 5.41) is 0. The summed E-state index contributed by atoms with van der Waals surface area (Å²) in [6.45, 7) is 2.07. The van der Waals surface area contributed by atoms with Crippen LogP contribution in [0, 0.1) is 0 Å². The molecule has 0 spiro atoms. The van der Waals surface area contributed by atoms with Crippen molar-refractivity contribution in [2.24, 2.45) is 0 Å². The lowest BCUT2D eigenvalue weighted by Gasteiger charge is -2.35. The van der Waals surface area contributed by atoms with Crippen LogP contribution in [0.3, 0.4) is 0 Å². The molecule has 1 heterocycles. The van der Waals surface area contributed by atoms with Gasteiger partial charge in [-0.1, -0.05) is 42.5 Å². The monoisotopic (exact) mass is 402 g/mol. The van der Waals surface area contributed by atoms with Crippen molar-refractivity contribution < 1.29 is 18.0 Å². The van der Waals surface area contributed by atoms with Crippen molar-refractivity contribution in [1.82, 2.24) is 9.80 Å². The molecule has 2 atom stereocenters. The average molecular weight is 402 g/mol. The van der Waals surface area contributed by atoms with Crippen molar-refractivity contribution in [2.75, 3.05) is 20.1 Å². The highest BCUT2D eigenvalue weighted by Crippen LogP contribution is 2.39. The summed E-state index contributed by atoms with van der Waals surface area (Å²) in [6, 6.07) is 13.4. The largest absolute Gasteiger partial charge is 0.416 e. The van der Waals surface area contributed by atoms with Gasteiger partial charge in [-0.3, -0.25) is 9.69 Å². The number of hydrogen-bond donors (Lipinski definition) is 0. The lowest BCUT2D eigenvalue weighted by molar-refractivity contribution is -0.138. The van der Waals surface area contributed by atoms with Gasteiger partial charge in [0.25, 0.3) is 0 Å². The molecule has 1 saturated heterocycles. The number of alkyl halides is 3. The van der Waals surface area contributed by atoms with Crippen LogP contribution >= 0.6 is 0 Å². The number of amides is 1. The number of carbonyl (C=O) groups is 1. The minimum absolute atomic E-state index is 0.0359. The highest BCUT2D eigenvalue weighted by Gasteiger charge is 2.40. The molecule has 0 saturated carbocycles. The van der Waals surface area contributed by atoms with Crippen LogP contribution in [0.15, 0.2) is 48.5 Å². The van der Waals surface area contributed by atoms with Crippen LogP contribution in [-0.2, 0) is 23.8 Å². The summed E-state index contributed by atoms with van der Waals surface area (Å²) in [6.07, 6.45) is -1.20. The number of halogens is 3. The molecular weight excluding hydrogens is 377 g/mol. The van der Waals surface area contributed by atoms with Crippen LogP contribution in [0.2, 0.25) is 0 Å². The maximum Gasteiger partial charge on any atom is 0.416 e. The normalized spacial score (nSPS) is 21.9. The lowest BCUT2D eigenvalue weighted by atomic mass is 10.0. The highest BCUT2D eigenvalue weighted by atomic mass is 19.4. The van der Waals surface area contributed by atoms with Crippen molar-refractivity contribution in [3.05, 3.63) is 70.8 Å². The molecule has 154 valence electrons. The molecule has 2 aliphatic rings. The van der Waals surface area contributed by atoms with E-state index < -0.39 is 11.7 Å². The molecule has 0 N–H and O–H groups in total. The first-order valence-electron chi connectivity index (χ1n) is 10.1. The number of likely N-dealkylation sites (N-methyl/N-ethyl adjacent to an activating group) is 1. The van der Waals surface area contributed by atoms with Gasteiger partial charge in [0.2, 0.25) is 5.91 Å². The number of nitrogens with zero attached hydrogens (tertiary/aromatic N) is 2. The zero-order valence-electron chi connectivity index (χ0n) is 16.5. The fourth-order valence-electron chi connectivity index (χ4n) is 4.73. The summed E-state index contributed by atoms with van der Waals surface area (Å²) < 4.78 is 39.0. The Morgan fingerprint density at radius 2 is 1.83 bits per heavy atom. The van der Waals surface area contributed by atoms with Gasteiger partial charge in [0, 0.05) is 13.1 Å². The van der Waals surface area contributed by atoms with Crippen LogP contribution < -0.4 is 0 Å². The van der Waals surface area contributed by atoms with Gasteiger partial charge in [-0.05, 0) is 55.1 Å². The maximum absolute atomic E-state index is 13.1. The zero-order valence-corrected chi connectivity index (χ0v) is 16.5. The third kappa shape index (κ3) is 4.04. The summed E-state index contributed by atoms with van der Waals surface area (Å²) >= 11 is 0. The van der Waals surface area contributed by atoms with Crippen LogP contribution in [0.5, 0.6) is 0 Å². The van der Waals surface area contributed by atoms with Crippen molar-refractivity contribution in [3.63, 3.8) is 0 Å². The molecule has 2 aromatic carbocycles. The van der Waals surface area contributed by atoms with Crippen molar-refractivity contribution in [1.29, 1.82) is 0 Å². The molecule has 0 radical (unpaired) electrons.